The second-order valence-corrected chi connectivity index (χ2v) is 8.59. The van der Waals surface area contributed by atoms with Gasteiger partial charge in [-0.1, -0.05) is 37.8 Å². The molecule has 1 heterocycles. The smallest absolute Gasteiger partial charge is 0.486 e. The molecule has 2 rings (SSSR count). The quantitative estimate of drug-likeness (QED) is 0.320. The first-order valence-corrected chi connectivity index (χ1v) is 10.7. The lowest BCUT2D eigenvalue weighted by molar-refractivity contribution is -0.142. The molecule has 30 heavy (non-hydrogen) atoms. The summed E-state index contributed by atoms with van der Waals surface area (Å²) in [5.41, 5.74) is 1.83. The highest BCUT2D eigenvalue weighted by Gasteiger charge is 2.51. The monoisotopic (exact) mass is 414 g/mol. The number of hydrogen-bond donors (Lipinski definition) is 0. The summed E-state index contributed by atoms with van der Waals surface area (Å²) in [6, 6.07) is 7.55. The zero-order valence-corrected chi connectivity index (χ0v) is 19.4. The molecule has 6 heteroatoms. The zero-order chi connectivity index (χ0) is 22.5. The van der Waals surface area contributed by atoms with E-state index in [0.717, 1.165) is 23.0 Å². The van der Waals surface area contributed by atoms with Crippen LogP contribution in [-0.2, 0) is 25.3 Å². The highest BCUT2D eigenvalue weighted by atomic mass is 16.7. The molecule has 0 saturated carbocycles. The molecular formula is C24H35BO5. The number of carbonyl (C=O) groups excluding carboxylic acids is 1. The number of benzene rings is 1. The molecule has 1 aromatic carbocycles. The minimum Gasteiger partial charge on any atom is -0.486 e. The summed E-state index contributed by atoms with van der Waals surface area (Å²) in [6.45, 7) is 18.5. The average molecular weight is 414 g/mol. The van der Waals surface area contributed by atoms with E-state index in [0.29, 0.717) is 12.4 Å². The van der Waals surface area contributed by atoms with E-state index in [9.17, 15) is 4.79 Å². The van der Waals surface area contributed by atoms with Crippen LogP contribution in [0.2, 0.25) is 0 Å². The van der Waals surface area contributed by atoms with Crippen molar-refractivity contribution in [3.63, 3.8) is 0 Å². The molecule has 5 nitrogen and oxygen atoms in total. The predicted molar refractivity (Wildman–Crippen MR) is 120 cm³/mol. The fourth-order valence-corrected chi connectivity index (χ4v) is 3.21. The molecule has 1 fully saturated rings. The summed E-state index contributed by atoms with van der Waals surface area (Å²) in [5.74, 6) is 0.417. The van der Waals surface area contributed by atoms with Gasteiger partial charge in [0.1, 0.15) is 11.9 Å². The van der Waals surface area contributed by atoms with Crippen LogP contribution < -0.4 is 4.74 Å². The molecule has 1 atom stereocenters. The fourth-order valence-electron chi connectivity index (χ4n) is 3.21. The third-order valence-corrected chi connectivity index (χ3v) is 5.77. The third kappa shape index (κ3) is 5.76. The molecule has 0 radical (unpaired) electrons. The molecule has 164 valence electrons. The van der Waals surface area contributed by atoms with Crippen LogP contribution in [0.3, 0.4) is 0 Å². The van der Waals surface area contributed by atoms with Gasteiger partial charge < -0.3 is 18.8 Å². The van der Waals surface area contributed by atoms with Gasteiger partial charge in [-0.2, -0.15) is 0 Å². The maximum atomic E-state index is 11.9. The number of rotatable bonds is 9. The Morgan fingerprint density at radius 1 is 1.17 bits per heavy atom. The summed E-state index contributed by atoms with van der Waals surface area (Å²) in [7, 11) is -0.486. The SMILES string of the molecule is C=C(/C=C(\CC)[C@@H](C)Oc1ccccc1CC(=O)OCC)B1OC(C)(C)C(C)(C)O1. The zero-order valence-electron chi connectivity index (χ0n) is 19.4. The Balaban J connectivity index is 2.13. The van der Waals surface area contributed by atoms with Crippen LogP contribution in [0.15, 0.2) is 48.0 Å². The van der Waals surface area contributed by atoms with E-state index in [1.165, 1.54) is 0 Å². The number of para-hydroxylation sites is 1. The van der Waals surface area contributed by atoms with Crippen molar-refractivity contribution in [1.29, 1.82) is 0 Å². The number of carbonyl (C=O) groups is 1. The van der Waals surface area contributed by atoms with Gasteiger partial charge in [0.25, 0.3) is 0 Å². The van der Waals surface area contributed by atoms with Crippen molar-refractivity contribution in [3.8, 4) is 5.75 Å². The maximum absolute atomic E-state index is 11.9. The van der Waals surface area contributed by atoms with E-state index in [1.807, 2.05) is 65.0 Å². The van der Waals surface area contributed by atoms with Gasteiger partial charge in [0.05, 0.1) is 24.2 Å². The van der Waals surface area contributed by atoms with Crippen LogP contribution >= 0.6 is 0 Å². The van der Waals surface area contributed by atoms with Crippen molar-refractivity contribution in [2.45, 2.75) is 78.6 Å². The molecule has 0 bridgehead atoms. The van der Waals surface area contributed by atoms with Crippen molar-refractivity contribution < 1.29 is 23.6 Å². The first-order valence-electron chi connectivity index (χ1n) is 10.7. The predicted octanol–water partition coefficient (Wildman–Crippen LogP) is 5.08. The first kappa shape index (κ1) is 24.2. The normalized spacial score (nSPS) is 18.8. The number of ether oxygens (including phenoxy) is 2. The molecule has 0 amide bonds. The van der Waals surface area contributed by atoms with E-state index in [2.05, 4.69) is 13.5 Å². The summed E-state index contributed by atoms with van der Waals surface area (Å²) >= 11 is 0. The molecule has 1 saturated heterocycles. The number of allylic oxidation sites excluding steroid dienone is 2. The summed E-state index contributed by atoms with van der Waals surface area (Å²) in [4.78, 5) is 11.9. The van der Waals surface area contributed by atoms with Crippen LogP contribution in [0.1, 0.15) is 60.5 Å². The second kappa shape index (κ2) is 9.84. The van der Waals surface area contributed by atoms with Crippen LogP contribution in [0.5, 0.6) is 5.75 Å². The van der Waals surface area contributed by atoms with Crippen LogP contribution in [0.25, 0.3) is 0 Å². The first-order chi connectivity index (χ1) is 14.0. The Labute approximate surface area is 181 Å². The van der Waals surface area contributed by atoms with Crippen molar-refractivity contribution in [1.82, 2.24) is 0 Å². The molecule has 1 aromatic rings. The van der Waals surface area contributed by atoms with Gasteiger partial charge in [0.15, 0.2) is 0 Å². The standard InChI is InChI=1S/C24H35BO5/c1-9-19(15-17(3)25-29-23(5,6)24(7,8)30-25)18(4)28-21-14-12-11-13-20(21)16-22(26)27-10-2/h11-15,18H,3,9-10,16H2,1-2,4-8H3/b19-15+/t18-/m1/s1. The van der Waals surface area contributed by atoms with E-state index >= 15 is 0 Å². The highest BCUT2D eigenvalue weighted by molar-refractivity contribution is 6.55. The number of esters is 1. The van der Waals surface area contributed by atoms with Crippen molar-refractivity contribution in [2.75, 3.05) is 6.61 Å². The van der Waals surface area contributed by atoms with Gasteiger partial charge in [0.2, 0.25) is 0 Å². The van der Waals surface area contributed by atoms with Gasteiger partial charge in [-0.15, -0.1) is 0 Å². The molecule has 0 N–H and O–H groups in total. The van der Waals surface area contributed by atoms with E-state index in [4.69, 9.17) is 18.8 Å². The molecular weight excluding hydrogens is 379 g/mol. The van der Waals surface area contributed by atoms with E-state index < -0.39 is 18.3 Å². The fraction of sp³-hybridized carbons (Fsp3) is 0.542. The molecule has 0 aromatic heterocycles. The summed E-state index contributed by atoms with van der Waals surface area (Å²) in [6.07, 6.45) is 2.78. The van der Waals surface area contributed by atoms with Crippen molar-refractivity contribution >= 4 is 13.1 Å². The van der Waals surface area contributed by atoms with Gasteiger partial charge in [-0.3, -0.25) is 4.79 Å². The minimum atomic E-state index is -0.486. The lowest BCUT2D eigenvalue weighted by atomic mass is 9.78. The lowest BCUT2D eigenvalue weighted by Crippen LogP contribution is -2.41. The average Bonchev–Trinajstić information content (AvgIpc) is 2.88. The largest absolute Gasteiger partial charge is 0.494 e. The third-order valence-electron chi connectivity index (χ3n) is 5.77. The van der Waals surface area contributed by atoms with Crippen molar-refractivity contribution in [2.24, 2.45) is 0 Å². The molecule has 0 unspecified atom stereocenters. The van der Waals surface area contributed by atoms with Gasteiger partial charge >= 0.3 is 13.1 Å². The lowest BCUT2D eigenvalue weighted by Gasteiger charge is -2.32. The van der Waals surface area contributed by atoms with Gasteiger partial charge in [-0.05, 0) is 65.1 Å². The molecule has 0 aliphatic carbocycles. The van der Waals surface area contributed by atoms with Crippen LogP contribution in [0.4, 0.5) is 0 Å². The summed E-state index contributed by atoms with van der Waals surface area (Å²) < 4.78 is 23.5. The molecule has 0 spiro atoms. The minimum absolute atomic E-state index is 0.183. The molecule has 1 aliphatic rings. The van der Waals surface area contributed by atoms with Gasteiger partial charge in [-0.25, -0.2) is 0 Å². The maximum Gasteiger partial charge on any atom is 0.494 e. The Morgan fingerprint density at radius 3 is 2.33 bits per heavy atom. The highest BCUT2D eigenvalue weighted by Crippen LogP contribution is 2.38. The van der Waals surface area contributed by atoms with Crippen LogP contribution in [0, 0.1) is 0 Å². The summed E-state index contributed by atoms with van der Waals surface area (Å²) in [5, 5.41) is 0. The van der Waals surface area contributed by atoms with Crippen LogP contribution in [-0.4, -0.2) is 37.0 Å². The Kier molecular flexibility index (Phi) is 7.95. The Hall–Kier alpha value is -2.05. The van der Waals surface area contributed by atoms with E-state index in [-0.39, 0.29) is 18.5 Å². The Bertz CT molecular complexity index is 781. The van der Waals surface area contributed by atoms with Crippen molar-refractivity contribution in [3.05, 3.63) is 53.5 Å². The molecule has 1 aliphatic heterocycles. The Morgan fingerprint density at radius 2 is 1.77 bits per heavy atom. The van der Waals surface area contributed by atoms with Gasteiger partial charge in [0, 0.05) is 5.56 Å². The van der Waals surface area contributed by atoms with E-state index in [1.54, 1.807) is 6.92 Å². The number of hydrogen-bond acceptors (Lipinski definition) is 5. The topological polar surface area (TPSA) is 54.0 Å². The second-order valence-electron chi connectivity index (χ2n) is 8.59.